The van der Waals surface area contributed by atoms with Gasteiger partial charge in [-0.25, -0.2) is 4.79 Å². The first kappa shape index (κ1) is 9.64. The average molecular weight is 207 g/mol. The third-order valence-corrected chi connectivity index (χ3v) is 2.09. The molecule has 78 valence electrons. The smallest absolute Gasteiger partial charge is 0.341 e. The molecule has 15 heavy (non-hydrogen) atoms. The van der Waals surface area contributed by atoms with Crippen LogP contribution in [-0.4, -0.2) is 28.4 Å². The van der Waals surface area contributed by atoms with Crippen molar-refractivity contribution >= 4 is 12.3 Å². The van der Waals surface area contributed by atoms with Gasteiger partial charge in [-0.3, -0.25) is 9.78 Å². The molecular weight excluding hydrogens is 198 g/mol. The van der Waals surface area contributed by atoms with E-state index in [4.69, 9.17) is 9.84 Å². The van der Waals surface area contributed by atoms with Crippen LogP contribution in [0, 0.1) is 0 Å². The number of ether oxygens (including phenoxy) is 1. The Morgan fingerprint density at radius 2 is 2.27 bits per heavy atom. The first-order valence-corrected chi connectivity index (χ1v) is 4.55. The van der Waals surface area contributed by atoms with Crippen LogP contribution in [0.4, 0.5) is 0 Å². The van der Waals surface area contributed by atoms with Crippen molar-refractivity contribution in [3.8, 4) is 5.75 Å². The lowest BCUT2D eigenvalue weighted by Gasteiger charge is -2.09. The van der Waals surface area contributed by atoms with Crippen LogP contribution >= 0.6 is 0 Å². The molecule has 1 heterocycles. The van der Waals surface area contributed by atoms with Gasteiger partial charge in [0.25, 0.3) is 0 Å². The molecule has 5 nitrogen and oxygen atoms in total. The van der Waals surface area contributed by atoms with Gasteiger partial charge in [0, 0.05) is 12.4 Å². The molecule has 0 aromatic carbocycles. The van der Waals surface area contributed by atoms with E-state index in [-0.39, 0.29) is 23.0 Å². The Hall–Kier alpha value is -1.91. The van der Waals surface area contributed by atoms with Crippen LogP contribution < -0.4 is 4.74 Å². The summed E-state index contributed by atoms with van der Waals surface area (Å²) in [6.07, 6.45) is 4.89. The summed E-state index contributed by atoms with van der Waals surface area (Å²) in [5.74, 6) is -1.00. The lowest BCUT2D eigenvalue weighted by atomic mass is 10.2. The van der Waals surface area contributed by atoms with Crippen molar-refractivity contribution in [1.29, 1.82) is 0 Å². The highest BCUT2D eigenvalue weighted by Crippen LogP contribution is 2.30. The van der Waals surface area contributed by atoms with Crippen LogP contribution in [-0.2, 0) is 0 Å². The van der Waals surface area contributed by atoms with Gasteiger partial charge in [0.2, 0.25) is 0 Å². The van der Waals surface area contributed by atoms with E-state index in [0.29, 0.717) is 6.29 Å². The molecule has 0 saturated heterocycles. The molecule has 0 amide bonds. The number of carbonyl (C=O) groups excluding carboxylic acids is 1. The monoisotopic (exact) mass is 207 g/mol. The van der Waals surface area contributed by atoms with Crippen molar-refractivity contribution in [1.82, 2.24) is 4.98 Å². The van der Waals surface area contributed by atoms with Crippen molar-refractivity contribution in [3.63, 3.8) is 0 Å². The zero-order valence-electron chi connectivity index (χ0n) is 7.84. The fraction of sp³-hybridized carbons (Fsp3) is 0.300. The van der Waals surface area contributed by atoms with E-state index in [2.05, 4.69) is 4.98 Å². The standard InChI is InChI=1S/C10H9NO4/c12-5-6-3-11-4-8(10(13)14)9(6)15-7-1-2-7/h3-5,7H,1-2H2,(H,13,14). The molecule has 0 spiro atoms. The minimum atomic E-state index is -1.14. The van der Waals surface area contributed by atoms with E-state index in [1.807, 2.05) is 0 Å². The van der Waals surface area contributed by atoms with Gasteiger partial charge in [-0.15, -0.1) is 0 Å². The van der Waals surface area contributed by atoms with E-state index in [1.54, 1.807) is 0 Å². The number of carbonyl (C=O) groups is 2. The van der Waals surface area contributed by atoms with Crippen LogP contribution in [0.3, 0.4) is 0 Å². The maximum absolute atomic E-state index is 10.9. The highest BCUT2D eigenvalue weighted by atomic mass is 16.5. The first-order valence-electron chi connectivity index (χ1n) is 4.55. The predicted molar refractivity (Wildman–Crippen MR) is 50.2 cm³/mol. The Labute approximate surface area is 85.7 Å². The zero-order valence-corrected chi connectivity index (χ0v) is 7.84. The number of carboxylic acids is 1. The molecular formula is C10H9NO4. The van der Waals surface area contributed by atoms with Gasteiger partial charge in [-0.1, -0.05) is 0 Å². The predicted octanol–water partition coefficient (Wildman–Crippen LogP) is 1.13. The van der Waals surface area contributed by atoms with Crippen LogP contribution in [0.5, 0.6) is 5.75 Å². The molecule has 1 saturated carbocycles. The summed E-state index contributed by atoms with van der Waals surface area (Å²) in [7, 11) is 0. The van der Waals surface area contributed by atoms with Gasteiger partial charge in [0.05, 0.1) is 11.7 Å². The maximum atomic E-state index is 10.9. The van der Waals surface area contributed by atoms with Gasteiger partial charge in [-0.2, -0.15) is 0 Å². The number of hydrogen-bond donors (Lipinski definition) is 1. The van der Waals surface area contributed by atoms with Crippen LogP contribution in [0.25, 0.3) is 0 Å². The first-order chi connectivity index (χ1) is 7.22. The van der Waals surface area contributed by atoms with E-state index < -0.39 is 5.97 Å². The van der Waals surface area contributed by atoms with Crippen molar-refractivity contribution in [2.75, 3.05) is 0 Å². The number of rotatable bonds is 4. The highest BCUT2D eigenvalue weighted by Gasteiger charge is 2.27. The van der Waals surface area contributed by atoms with E-state index in [9.17, 15) is 9.59 Å². The van der Waals surface area contributed by atoms with Gasteiger partial charge < -0.3 is 9.84 Å². The average Bonchev–Trinajstić information content (AvgIpc) is 3.01. The Balaban J connectivity index is 2.42. The normalized spacial score (nSPS) is 14.7. The lowest BCUT2D eigenvalue weighted by Crippen LogP contribution is -2.07. The second-order valence-electron chi connectivity index (χ2n) is 3.35. The molecule has 1 N–H and O–H groups in total. The summed E-state index contributed by atoms with van der Waals surface area (Å²) in [5.41, 5.74) is 0.119. The second kappa shape index (κ2) is 3.68. The molecule has 2 rings (SSSR count). The number of carboxylic acid groups (broad SMARTS) is 1. The maximum Gasteiger partial charge on any atom is 0.341 e. The number of pyridine rings is 1. The zero-order chi connectivity index (χ0) is 10.8. The summed E-state index contributed by atoms with van der Waals surface area (Å²) in [5, 5.41) is 8.88. The number of hydrogen-bond acceptors (Lipinski definition) is 4. The fourth-order valence-corrected chi connectivity index (χ4v) is 1.19. The minimum absolute atomic E-state index is 0.0456. The quantitative estimate of drug-likeness (QED) is 0.749. The third-order valence-electron chi connectivity index (χ3n) is 2.09. The molecule has 0 unspecified atom stereocenters. The summed E-state index contributed by atoms with van der Waals surface area (Å²) in [6, 6.07) is 0. The van der Waals surface area contributed by atoms with Crippen molar-refractivity contribution in [2.24, 2.45) is 0 Å². The summed E-state index contributed by atoms with van der Waals surface area (Å²) >= 11 is 0. The van der Waals surface area contributed by atoms with Gasteiger partial charge >= 0.3 is 5.97 Å². The molecule has 5 heteroatoms. The van der Waals surface area contributed by atoms with Gasteiger partial charge in [0.15, 0.2) is 6.29 Å². The van der Waals surface area contributed by atoms with Crippen molar-refractivity contribution in [3.05, 3.63) is 23.5 Å². The van der Waals surface area contributed by atoms with Crippen molar-refractivity contribution < 1.29 is 19.4 Å². The third kappa shape index (κ3) is 1.96. The highest BCUT2D eigenvalue weighted by molar-refractivity contribution is 5.94. The summed E-state index contributed by atoms with van der Waals surface area (Å²) in [4.78, 5) is 25.2. The van der Waals surface area contributed by atoms with Gasteiger partial charge in [-0.05, 0) is 12.8 Å². The van der Waals surface area contributed by atoms with Crippen molar-refractivity contribution in [2.45, 2.75) is 18.9 Å². The molecule has 1 aliphatic rings. The van der Waals surface area contributed by atoms with Crippen LogP contribution in [0.2, 0.25) is 0 Å². The Morgan fingerprint density at radius 1 is 1.53 bits per heavy atom. The number of aromatic carboxylic acids is 1. The molecule has 1 aliphatic carbocycles. The summed E-state index contributed by atoms with van der Waals surface area (Å²) in [6.45, 7) is 0. The number of aldehydes is 1. The Morgan fingerprint density at radius 3 is 2.80 bits per heavy atom. The van der Waals surface area contributed by atoms with E-state index in [0.717, 1.165) is 12.8 Å². The fourth-order valence-electron chi connectivity index (χ4n) is 1.19. The Kier molecular flexibility index (Phi) is 2.37. The lowest BCUT2D eigenvalue weighted by molar-refractivity contribution is 0.0691. The largest absolute Gasteiger partial charge is 0.489 e. The SMILES string of the molecule is O=Cc1cncc(C(=O)O)c1OC1CC1. The molecule has 1 fully saturated rings. The molecule has 0 aliphatic heterocycles. The second-order valence-corrected chi connectivity index (χ2v) is 3.35. The topological polar surface area (TPSA) is 76.5 Å². The molecule has 0 radical (unpaired) electrons. The Bertz CT molecular complexity index is 412. The van der Waals surface area contributed by atoms with E-state index >= 15 is 0 Å². The van der Waals surface area contributed by atoms with Crippen LogP contribution in [0.15, 0.2) is 12.4 Å². The minimum Gasteiger partial charge on any atom is -0.489 e. The van der Waals surface area contributed by atoms with Crippen LogP contribution in [0.1, 0.15) is 33.6 Å². The molecule has 0 atom stereocenters. The number of nitrogens with zero attached hydrogens (tertiary/aromatic N) is 1. The molecule has 0 bridgehead atoms. The van der Waals surface area contributed by atoms with Gasteiger partial charge in [0.1, 0.15) is 11.3 Å². The molecule has 1 aromatic rings. The summed E-state index contributed by atoms with van der Waals surface area (Å²) < 4.78 is 5.39. The van der Waals surface area contributed by atoms with E-state index in [1.165, 1.54) is 12.4 Å². The number of aromatic nitrogens is 1. The molecule has 1 aromatic heterocycles.